The number of hydrogen-bond donors (Lipinski definition) is 2. The first-order chi connectivity index (χ1) is 17.1. The van der Waals surface area contributed by atoms with E-state index in [1.807, 2.05) is 24.0 Å². The molecule has 0 aromatic carbocycles. The van der Waals surface area contributed by atoms with Crippen LogP contribution >= 0.6 is 0 Å². The largest absolute Gasteiger partial charge is 0.340 e. The fourth-order valence-electron chi connectivity index (χ4n) is 8.72. The molecular formula is C28H50N4O6. The zero-order valence-electron chi connectivity index (χ0n) is 25.6. The van der Waals surface area contributed by atoms with E-state index >= 15 is 0 Å². The van der Waals surface area contributed by atoms with Gasteiger partial charge in [-0.25, -0.2) is 0 Å². The number of ether oxygens (including phenoxy) is 2. The molecule has 38 heavy (non-hydrogen) atoms. The maximum atomic E-state index is 13.5. The van der Waals surface area contributed by atoms with Gasteiger partial charge in [-0.1, -0.05) is 0 Å². The topological polar surface area (TPSA) is 102 Å². The lowest BCUT2D eigenvalue weighted by Crippen LogP contribution is -2.66. The fourth-order valence-corrected chi connectivity index (χ4v) is 8.72. The van der Waals surface area contributed by atoms with Gasteiger partial charge in [0.1, 0.15) is 11.4 Å². The van der Waals surface area contributed by atoms with E-state index < -0.39 is 44.8 Å². The molecule has 2 amide bonds. The highest BCUT2D eigenvalue weighted by molar-refractivity contribution is 5.89. The van der Waals surface area contributed by atoms with Crippen molar-refractivity contribution in [1.82, 2.24) is 20.8 Å². The third-order valence-corrected chi connectivity index (χ3v) is 8.94. The number of rotatable bonds is 5. The van der Waals surface area contributed by atoms with E-state index in [1.165, 1.54) is 0 Å². The third kappa shape index (κ3) is 4.69. The van der Waals surface area contributed by atoms with E-state index in [1.54, 1.807) is 14.2 Å². The number of carbonyl (C=O) groups is 2. The van der Waals surface area contributed by atoms with Crippen molar-refractivity contribution in [3.05, 3.63) is 0 Å². The summed E-state index contributed by atoms with van der Waals surface area (Å²) in [5.74, 6) is -0.185. The van der Waals surface area contributed by atoms with E-state index in [0.29, 0.717) is 38.5 Å². The zero-order valence-corrected chi connectivity index (χ0v) is 25.6. The molecule has 4 heterocycles. The van der Waals surface area contributed by atoms with Gasteiger partial charge in [-0.15, -0.1) is 0 Å². The Morgan fingerprint density at radius 2 is 0.868 bits per heavy atom. The Hall–Kier alpha value is -1.30. The van der Waals surface area contributed by atoms with Gasteiger partial charge in [0.25, 0.3) is 11.8 Å². The first kappa shape index (κ1) is 29.7. The maximum absolute atomic E-state index is 13.5. The molecule has 0 aromatic heterocycles. The molecule has 0 bridgehead atoms. The van der Waals surface area contributed by atoms with E-state index in [0.717, 1.165) is 0 Å². The van der Waals surface area contributed by atoms with Crippen molar-refractivity contribution in [1.29, 1.82) is 0 Å². The van der Waals surface area contributed by atoms with Crippen LogP contribution in [0.4, 0.5) is 0 Å². The predicted octanol–water partition coefficient (Wildman–Crippen LogP) is 3.40. The Balaban J connectivity index is 1.50. The third-order valence-electron chi connectivity index (χ3n) is 8.94. The summed E-state index contributed by atoms with van der Waals surface area (Å²) < 4.78 is 13.4. The zero-order chi connectivity index (χ0) is 28.8. The Kier molecular flexibility index (Phi) is 6.72. The van der Waals surface area contributed by atoms with Crippen LogP contribution in [0.15, 0.2) is 0 Å². The Morgan fingerprint density at radius 3 is 1.11 bits per heavy atom. The summed E-state index contributed by atoms with van der Waals surface area (Å²) in [5, 5.41) is 10.2. The molecule has 10 heteroatoms. The number of carbonyl (C=O) groups excluding carboxylic acids is 2. The SMILES string of the molecule is CON1C(C)(C)CC2(CC1(C)C)OC(C)(CCC1(C)NC(=O)C3(CC(C)(C)N(OC)C(C)(C)C3)O1)NC2=O. The van der Waals surface area contributed by atoms with Gasteiger partial charge in [-0.05, 0) is 82.1 Å². The molecule has 218 valence electrons. The van der Waals surface area contributed by atoms with Crippen molar-refractivity contribution < 1.29 is 28.7 Å². The van der Waals surface area contributed by atoms with E-state index in [4.69, 9.17) is 19.1 Å². The number of hydroxylamine groups is 4. The van der Waals surface area contributed by atoms with Crippen molar-refractivity contribution in [2.45, 2.75) is 153 Å². The fraction of sp³-hybridized carbons (Fsp3) is 0.929. The van der Waals surface area contributed by atoms with Gasteiger partial charge < -0.3 is 29.8 Å². The summed E-state index contributed by atoms with van der Waals surface area (Å²) in [6.07, 6.45) is 3.00. The maximum Gasteiger partial charge on any atom is 0.254 e. The normalized spacial score (nSPS) is 36.9. The number of hydrogen-bond acceptors (Lipinski definition) is 8. The smallest absolute Gasteiger partial charge is 0.254 e. The summed E-state index contributed by atoms with van der Waals surface area (Å²) in [7, 11) is 3.35. The Bertz CT molecular complexity index is 880. The second kappa shape index (κ2) is 8.60. The Morgan fingerprint density at radius 1 is 0.605 bits per heavy atom. The molecule has 0 radical (unpaired) electrons. The van der Waals surface area contributed by atoms with Crippen molar-refractivity contribution >= 4 is 11.8 Å². The highest BCUT2D eigenvalue weighted by Gasteiger charge is 2.65. The van der Waals surface area contributed by atoms with Gasteiger partial charge in [0.2, 0.25) is 0 Å². The summed E-state index contributed by atoms with van der Waals surface area (Å²) in [6, 6.07) is 0. The van der Waals surface area contributed by atoms with Crippen LogP contribution in [-0.4, -0.2) is 81.0 Å². The number of amides is 2. The average molecular weight is 539 g/mol. The standard InChI is InChI=1S/C28H50N4O6/c1-21(2)15-27(16-22(3,4)31(21)35-11)19(33)29-25(9,37-27)13-14-26(10)30-20(34)28(38-26)17-23(5,6)32(36-12)24(7,8)18-28/h13-18H2,1-12H3,(H,29,33)(H,30,34). The average Bonchev–Trinajstić information content (AvgIpc) is 3.06. The minimum atomic E-state index is -0.959. The first-order valence-electron chi connectivity index (χ1n) is 13.8. The van der Waals surface area contributed by atoms with E-state index in [9.17, 15) is 9.59 Å². The molecule has 4 fully saturated rings. The van der Waals surface area contributed by atoms with Crippen LogP contribution in [0.2, 0.25) is 0 Å². The Labute approximate surface area is 228 Å². The second-order valence-corrected chi connectivity index (χ2v) is 15.0. The van der Waals surface area contributed by atoms with Crippen LogP contribution in [0.3, 0.4) is 0 Å². The second-order valence-electron chi connectivity index (χ2n) is 15.0. The molecule has 0 aromatic rings. The quantitative estimate of drug-likeness (QED) is 0.549. The van der Waals surface area contributed by atoms with Crippen molar-refractivity contribution in [3.8, 4) is 0 Å². The minimum Gasteiger partial charge on any atom is -0.340 e. The molecular weight excluding hydrogens is 488 g/mol. The molecule has 10 nitrogen and oxygen atoms in total. The molecule has 0 aliphatic carbocycles. The summed E-state index contributed by atoms with van der Waals surface area (Å²) in [5.41, 5.74) is -5.31. The number of piperidine rings is 2. The van der Waals surface area contributed by atoms with Gasteiger partial charge in [0, 0.05) is 47.8 Å². The molecule has 4 aliphatic heterocycles. The first-order valence-corrected chi connectivity index (χ1v) is 13.8. The van der Waals surface area contributed by atoms with Crippen LogP contribution in [-0.2, 0) is 28.7 Å². The van der Waals surface area contributed by atoms with E-state index in [2.05, 4.69) is 66.0 Å². The highest BCUT2D eigenvalue weighted by Crippen LogP contribution is 2.52. The molecule has 2 spiro atoms. The molecule has 2 unspecified atom stereocenters. The summed E-state index contributed by atoms with van der Waals surface area (Å²) in [6.45, 7) is 20.4. The molecule has 4 rings (SSSR count). The van der Waals surface area contributed by atoms with Gasteiger partial charge in [-0.3, -0.25) is 9.59 Å². The van der Waals surface area contributed by atoms with E-state index in [-0.39, 0.29) is 11.8 Å². The van der Waals surface area contributed by atoms with Crippen LogP contribution in [0.1, 0.15) is 108 Å². The van der Waals surface area contributed by atoms with Crippen LogP contribution < -0.4 is 10.6 Å². The lowest BCUT2D eigenvalue weighted by Gasteiger charge is -2.55. The lowest BCUT2D eigenvalue weighted by molar-refractivity contribution is -0.298. The molecule has 2 atom stereocenters. The van der Waals surface area contributed by atoms with Crippen LogP contribution in [0, 0.1) is 0 Å². The molecule has 4 aliphatic rings. The van der Waals surface area contributed by atoms with Crippen molar-refractivity contribution in [2.24, 2.45) is 0 Å². The van der Waals surface area contributed by atoms with Crippen molar-refractivity contribution in [3.63, 3.8) is 0 Å². The molecule has 4 saturated heterocycles. The van der Waals surface area contributed by atoms with Crippen molar-refractivity contribution in [2.75, 3.05) is 14.2 Å². The predicted molar refractivity (Wildman–Crippen MR) is 142 cm³/mol. The lowest BCUT2D eigenvalue weighted by atomic mass is 9.72. The van der Waals surface area contributed by atoms with Crippen LogP contribution in [0.5, 0.6) is 0 Å². The molecule has 0 saturated carbocycles. The number of nitrogens with one attached hydrogen (secondary N) is 2. The van der Waals surface area contributed by atoms with Crippen LogP contribution in [0.25, 0.3) is 0 Å². The van der Waals surface area contributed by atoms with Gasteiger partial charge in [0.05, 0.1) is 14.2 Å². The molecule has 2 N–H and O–H groups in total. The summed E-state index contributed by atoms with van der Waals surface area (Å²) in [4.78, 5) is 38.4. The monoisotopic (exact) mass is 538 g/mol. The number of nitrogens with zero attached hydrogens (tertiary/aromatic N) is 2. The summed E-state index contributed by atoms with van der Waals surface area (Å²) >= 11 is 0. The minimum absolute atomic E-state index is 0.0923. The van der Waals surface area contributed by atoms with Gasteiger partial charge >= 0.3 is 0 Å². The van der Waals surface area contributed by atoms with Gasteiger partial charge in [0.15, 0.2) is 11.2 Å². The van der Waals surface area contributed by atoms with Gasteiger partial charge in [-0.2, -0.15) is 10.1 Å². The highest BCUT2D eigenvalue weighted by atomic mass is 16.7.